The predicted octanol–water partition coefficient (Wildman–Crippen LogP) is 1.83. The number of carboxylic acids is 1. The summed E-state index contributed by atoms with van der Waals surface area (Å²) in [6.45, 7) is 3.48. The number of hydrogen-bond acceptors (Lipinski definition) is 3. The molecule has 1 amide bonds. The van der Waals surface area contributed by atoms with Gasteiger partial charge < -0.3 is 10.4 Å². The molecule has 0 aliphatic heterocycles. The highest BCUT2D eigenvalue weighted by Crippen LogP contribution is 2.18. The first-order valence-corrected chi connectivity index (χ1v) is 6.72. The van der Waals surface area contributed by atoms with Gasteiger partial charge in [-0.1, -0.05) is 0 Å². The van der Waals surface area contributed by atoms with E-state index in [0.29, 0.717) is 22.6 Å². The van der Waals surface area contributed by atoms with E-state index in [1.807, 2.05) is 0 Å². The number of aryl methyl sites for hydroxylation is 1. The van der Waals surface area contributed by atoms with Crippen LogP contribution in [0.3, 0.4) is 0 Å². The second-order valence-corrected chi connectivity index (χ2v) is 4.83. The number of carbonyl (C=O) groups is 2. The Balaban J connectivity index is 2.25. The van der Waals surface area contributed by atoms with Crippen LogP contribution in [0.25, 0.3) is 5.69 Å². The van der Waals surface area contributed by atoms with E-state index in [2.05, 4.69) is 10.4 Å². The number of amides is 1. The maximum absolute atomic E-state index is 13.0. The molecule has 0 saturated heterocycles. The summed E-state index contributed by atoms with van der Waals surface area (Å²) in [6, 6.07) is 5.78. The molecule has 1 heterocycles. The molecule has 0 unspecified atom stereocenters. The summed E-state index contributed by atoms with van der Waals surface area (Å²) in [5.41, 5.74) is 2.17. The number of carbonyl (C=O) groups excluding carboxylic acids is 1. The number of aromatic nitrogens is 2. The third-order valence-corrected chi connectivity index (χ3v) is 3.21. The first-order chi connectivity index (χ1) is 10.4. The Morgan fingerprint density at radius 3 is 2.50 bits per heavy atom. The SMILES string of the molecule is Cc1nn(-c2ccc(F)cc2)c(C)c1C(=O)NCCC(=O)O. The van der Waals surface area contributed by atoms with Crippen molar-refractivity contribution in [1.29, 1.82) is 0 Å². The lowest BCUT2D eigenvalue weighted by atomic mass is 10.2. The molecule has 2 aromatic rings. The zero-order valence-electron chi connectivity index (χ0n) is 12.3. The van der Waals surface area contributed by atoms with Gasteiger partial charge in [0, 0.05) is 6.54 Å². The third-order valence-electron chi connectivity index (χ3n) is 3.21. The van der Waals surface area contributed by atoms with Gasteiger partial charge in [0.15, 0.2) is 0 Å². The van der Waals surface area contributed by atoms with Gasteiger partial charge in [0.05, 0.1) is 29.1 Å². The molecule has 2 rings (SSSR count). The van der Waals surface area contributed by atoms with Crippen molar-refractivity contribution in [2.24, 2.45) is 0 Å². The largest absolute Gasteiger partial charge is 0.481 e. The Morgan fingerprint density at radius 1 is 1.27 bits per heavy atom. The van der Waals surface area contributed by atoms with Gasteiger partial charge in [-0.3, -0.25) is 9.59 Å². The number of carboxylic acid groups (broad SMARTS) is 1. The number of hydrogen-bond donors (Lipinski definition) is 2. The molecule has 0 fully saturated rings. The van der Waals surface area contributed by atoms with Gasteiger partial charge in [-0.25, -0.2) is 9.07 Å². The van der Waals surface area contributed by atoms with Crippen LogP contribution in [-0.4, -0.2) is 33.3 Å². The van der Waals surface area contributed by atoms with Crippen LogP contribution in [0.4, 0.5) is 4.39 Å². The van der Waals surface area contributed by atoms with E-state index in [9.17, 15) is 14.0 Å². The molecule has 22 heavy (non-hydrogen) atoms. The van der Waals surface area contributed by atoms with Crippen LogP contribution in [0.5, 0.6) is 0 Å². The minimum atomic E-state index is -0.976. The molecule has 1 aromatic heterocycles. The second kappa shape index (κ2) is 6.38. The molecule has 2 N–H and O–H groups in total. The summed E-state index contributed by atoms with van der Waals surface area (Å²) in [5.74, 6) is -1.70. The minimum Gasteiger partial charge on any atom is -0.481 e. The van der Waals surface area contributed by atoms with Crippen LogP contribution in [0.2, 0.25) is 0 Å². The van der Waals surface area contributed by atoms with Crippen LogP contribution >= 0.6 is 0 Å². The first kappa shape index (κ1) is 15.7. The summed E-state index contributed by atoms with van der Waals surface area (Å²) in [7, 11) is 0. The molecule has 0 aliphatic carbocycles. The first-order valence-electron chi connectivity index (χ1n) is 6.72. The molecule has 0 spiro atoms. The van der Waals surface area contributed by atoms with Crippen molar-refractivity contribution in [3.63, 3.8) is 0 Å². The Hall–Kier alpha value is -2.70. The van der Waals surface area contributed by atoms with Crippen LogP contribution in [-0.2, 0) is 4.79 Å². The minimum absolute atomic E-state index is 0.0504. The van der Waals surface area contributed by atoms with Gasteiger partial charge in [0.2, 0.25) is 0 Å². The van der Waals surface area contributed by atoms with E-state index in [1.54, 1.807) is 30.7 Å². The number of nitrogens with one attached hydrogen (secondary N) is 1. The van der Waals surface area contributed by atoms with Gasteiger partial charge in [0.1, 0.15) is 5.82 Å². The molecule has 1 aromatic carbocycles. The van der Waals surface area contributed by atoms with Gasteiger partial charge in [-0.2, -0.15) is 5.10 Å². The van der Waals surface area contributed by atoms with Crippen molar-refractivity contribution < 1.29 is 19.1 Å². The maximum atomic E-state index is 13.0. The molecule has 0 atom stereocenters. The summed E-state index contributed by atoms with van der Waals surface area (Å²) in [6.07, 6.45) is -0.143. The lowest BCUT2D eigenvalue weighted by Gasteiger charge is -2.06. The lowest BCUT2D eigenvalue weighted by molar-refractivity contribution is -0.136. The standard InChI is InChI=1S/C15H16FN3O3/c1-9-14(15(22)17-8-7-13(20)21)10(2)19(18-9)12-5-3-11(16)4-6-12/h3-6H,7-8H2,1-2H3,(H,17,22)(H,20,21). The van der Waals surface area contributed by atoms with E-state index in [0.717, 1.165) is 0 Å². The molecular weight excluding hydrogens is 289 g/mol. The van der Waals surface area contributed by atoms with Crippen LogP contribution < -0.4 is 5.32 Å². The lowest BCUT2D eigenvalue weighted by Crippen LogP contribution is -2.27. The predicted molar refractivity (Wildman–Crippen MR) is 77.6 cm³/mol. The van der Waals surface area contributed by atoms with Crippen molar-refractivity contribution in [3.8, 4) is 5.69 Å². The van der Waals surface area contributed by atoms with Gasteiger partial charge in [-0.05, 0) is 38.1 Å². The van der Waals surface area contributed by atoms with Crippen molar-refractivity contribution in [2.75, 3.05) is 6.54 Å². The van der Waals surface area contributed by atoms with Gasteiger partial charge >= 0.3 is 5.97 Å². The highest BCUT2D eigenvalue weighted by molar-refractivity contribution is 5.96. The number of rotatable bonds is 5. The molecule has 0 radical (unpaired) electrons. The van der Waals surface area contributed by atoms with Crippen molar-refractivity contribution >= 4 is 11.9 Å². The molecule has 6 nitrogen and oxygen atoms in total. The summed E-state index contributed by atoms with van der Waals surface area (Å²) in [4.78, 5) is 22.6. The van der Waals surface area contributed by atoms with E-state index in [1.165, 1.54) is 12.1 Å². The van der Waals surface area contributed by atoms with Crippen LogP contribution in [0.15, 0.2) is 24.3 Å². The van der Waals surface area contributed by atoms with E-state index < -0.39 is 5.97 Å². The molecular formula is C15H16FN3O3. The maximum Gasteiger partial charge on any atom is 0.305 e. The fourth-order valence-electron chi connectivity index (χ4n) is 2.18. The smallest absolute Gasteiger partial charge is 0.305 e. The van der Waals surface area contributed by atoms with E-state index in [-0.39, 0.29) is 24.7 Å². The average molecular weight is 305 g/mol. The van der Waals surface area contributed by atoms with Crippen molar-refractivity contribution in [2.45, 2.75) is 20.3 Å². The molecule has 0 bridgehead atoms. The fourth-order valence-corrected chi connectivity index (χ4v) is 2.18. The van der Waals surface area contributed by atoms with E-state index in [4.69, 9.17) is 5.11 Å². The topological polar surface area (TPSA) is 84.2 Å². The molecule has 116 valence electrons. The summed E-state index contributed by atoms with van der Waals surface area (Å²) < 4.78 is 14.5. The summed E-state index contributed by atoms with van der Waals surface area (Å²) in [5, 5.41) is 15.4. The Kier molecular flexibility index (Phi) is 4.55. The van der Waals surface area contributed by atoms with Gasteiger partial charge in [-0.15, -0.1) is 0 Å². The monoisotopic (exact) mass is 305 g/mol. The zero-order valence-corrected chi connectivity index (χ0v) is 12.3. The number of benzene rings is 1. The third kappa shape index (κ3) is 3.30. The molecule has 0 aliphatic rings. The Morgan fingerprint density at radius 2 is 1.91 bits per heavy atom. The normalized spacial score (nSPS) is 10.5. The second-order valence-electron chi connectivity index (χ2n) is 4.83. The van der Waals surface area contributed by atoms with Crippen molar-refractivity contribution in [3.05, 3.63) is 47.0 Å². The van der Waals surface area contributed by atoms with Crippen LogP contribution in [0, 0.1) is 19.7 Å². The summed E-state index contributed by atoms with van der Waals surface area (Å²) >= 11 is 0. The van der Waals surface area contributed by atoms with E-state index >= 15 is 0 Å². The Bertz CT molecular complexity index is 708. The Labute approximate surface area is 126 Å². The van der Waals surface area contributed by atoms with Crippen molar-refractivity contribution in [1.82, 2.24) is 15.1 Å². The zero-order chi connectivity index (χ0) is 16.3. The molecule has 7 heteroatoms. The van der Waals surface area contributed by atoms with Crippen LogP contribution in [0.1, 0.15) is 28.2 Å². The number of nitrogens with zero attached hydrogens (tertiary/aromatic N) is 2. The number of aliphatic carboxylic acids is 1. The van der Waals surface area contributed by atoms with Gasteiger partial charge in [0.25, 0.3) is 5.91 Å². The number of halogens is 1. The average Bonchev–Trinajstić information content (AvgIpc) is 2.74. The fraction of sp³-hybridized carbons (Fsp3) is 0.267. The molecule has 0 saturated carbocycles. The highest BCUT2D eigenvalue weighted by atomic mass is 19.1. The quantitative estimate of drug-likeness (QED) is 0.882. The highest BCUT2D eigenvalue weighted by Gasteiger charge is 2.19.